The lowest BCUT2D eigenvalue weighted by molar-refractivity contribution is 0.487. The van der Waals surface area contributed by atoms with Crippen molar-refractivity contribution in [3.8, 4) is 0 Å². The van der Waals surface area contributed by atoms with E-state index in [4.69, 9.17) is 0 Å². The van der Waals surface area contributed by atoms with Crippen LogP contribution in [0.1, 0.15) is 63.5 Å². The molecule has 1 aromatic heterocycles. The number of thiazole rings is 1. The highest BCUT2D eigenvalue weighted by Crippen LogP contribution is 2.25. The van der Waals surface area contributed by atoms with Gasteiger partial charge in [-0.1, -0.05) is 45.0 Å². The molecule has 1 aromatic carbocycles. The summed E-state index contributed by atoms with van der Waals surface area (Å²) in [4.78, 5) is 4.37. The van der Waals surface area contributed by atoms with Crippen LogP contribution in [-0.2, 0) is 5.41 Å². The Bertz CT molecular complexity index is 523. The summed E-state index contributed by atoms with van der Waals surface area (Å²) in [5, 5.41) is 5.71. The molecule has 0 bridgehead atoms. The molecule has 0 amide bonds. The van der Waals surface area contributed by atoms with Gasteiger partial charge in [0.15, 0.2) is 0 Å². The number of hydrogen-bond donors (Lipinski definition) is 1. The molecule has 108 valence electrons. The van der Waals surface area contributed by atoms with E-state index in [-0.39, 0.29) is 11.5 Å². The van der Waals surface area contributed by atoms with E-state index >= 15 is 0 Å². The number of aromatic nitrogens is 1. The average Bonchev–Trinajstić information content (AvgIpc) is 2.91. The normalized spacial score (nSPS) is 15.1. The highest BCUT2D eigenvalue weighted by Gasteiger charge is 2.15. The Balaban J connectivity index is 2.04. The van der Waals surface area contributed by atoms with Crippen LogP contribution < -0.4 is 5.32 Å². The zero-order chi connectivity index (χ0) is 14.8. The van der Waals surface area contributed by atoms with Gasteiger partial charge in [0.25, 0.3) is 0 Å². The van der Waals surface area contributed by atoms with E-state index in [1.54, 1.807) is 11.3 Å². The van der Waals surface area contributed by atoms with Crippen molar-refractivity contribution >= 4 is 11.3 Å². The van der Waals surface area contributed by atoms with Crippen molar-refractivity contribution < 1.29 is 0 Å². The Morgan fingerprint density at radius 3 is 2.20 bits per heavy atom. The third-order valence-corrected chi connectivity index (χ3v) is 4.28. The van der Waals surface area contributed by atoms with Crippen molar-refractivity contribution in [3.05, 3.63) is 52.0 Å². The predicted octanol–water partition coefficient (Wildman–Crippen LogP) is 4.85. The molecular weight excluding hydrogens is 264 g/mol. The lowest BCUT2D eigenvalue weighted by Crippen LogP contribution is -2.22. The zero-order valence-corrected chi connectivity index (χ0v) is 13.8. The molecule has 2 aromatic rings. The van der Waals surface area contributed by atoms with Gasteiger partial charge < -0.3 is 5.32 Å². The third kappa shape index (κ3) is 3.68. The summed E-state index contributed by atoms with van der Waals surface area (Å²) in [6.45, 7) is 11.1. The molecule has 0 radical (unpaired) electrons. The highest BCUT2D eigenvalue weighted by atomic mass is 32.1. The molecule has 2 unspecified atom stereocenters. The number of benzene rings is 1. The minimum Gasteiger partial charge on any atom is -0.302 e. The van der Waals surface area contributed by atoms with E-state index in [0.717, 1.165) is 5.69 Å². The smallest absolute Gasteiger partial charge is 0.0795 e. The largest absolute Gasteiger partial charge is 0.302 e. The molecule has 0 aliphatic carbocycles. The highest BCUT2D eigenvalue weighted by molar-refractivity contribution is 7.07. The maximum Gasteiger partial charge on any atom is 0.0795 e. The lowest BCUT2D eigenvalue weighted by Gasteiger charge is -2.22. The Kier molecular flexibility index (Phi) is 4.61. The van der Waals surface area contributed by atoms with Crippen LogP contribution in [0.3, 0.4) is 0 Å². The molecule has 0 spiro atoms. The summed E-state index contributed by atoms with van der Waals surface area (Å²) < 4.78 is 0. The van der Waals surface area contributed by atoms with Crippen molar-refractivity contribution in [2.24, 2.45) is 0 Å². The Labute approximate surface area is 126 Å². The Hall–Kier alpha value is -1.19. The number of rotatable bonds is 4. The Morgan fingerprint density at radius 2 is 1.70 bits per heavy atom. The van der Waals surface area contributed by atoms with E-state index in [1.165, 1.54) is 11.1 Å². The van der Waals surface area contributed by atoms with Crippen LogP contribution in [0.5, 0.6) is 0 Å². The minimum absolute atomic E-state index is 0.211. The van der Waals surface area contributed by atoms with E-state index in [1.807, 2.05) is 5.51 Å². The van der Waals surface area contributed by atoms with Gasteiger partial charge in [0, 0.05) is 17.5 Å². The maximum absolute atomic E-state index is 4.37. The molecule has 0 aliphatic rings. The Morgan fingerprint density at radius 1 is 1.05 bits per heavy atom. The summed E-state index contributed by atoms with van der Waals surface area (Å²) >= 11 is 1.64. The van der Waals surface area contributed by atoms with Gasteiger partial charge in [0.1, 0.15) is 0 Å². The molecular formula is C17H24N2S. The molecule has 0 saturated heterocycles. The topological polar surface area (TPSA) is 24.9 Å². The standard InChI is InChI=1S/C17H24N2S/c1-12(19-13(2)16-10-20-11-18-16)14-6-8-15(9-7-14)17(3,4)5/h6-13,19H,1-5H3. The third-order valence-electron chi connectivity index (χ3n) is 3.67. The van der Waals surface area contributed by atoms with Gasteiger partial charge in [0.2, 0.25) is 0 Å². The zero-order valence-electron chi connectivity index (χ0n) is 13.0. The molecule has 1 N–H and O–H groups in total. The summed E-state index contributed by atoms with van der Waals surface area (Å²) in [5.41, 5.74) is 5.91. The van der Waals surface area contributed by atoms with Gasteiger partial charge in [-0.2, -0.15) is 0 Å². The fourth-order valence-electron chi connectivity index (χ4n) is 2.26. The predicted molar refractivity (Wildman–Crippen MR) is 87.2 cm³/mol. The second-order valence-corrected chi connectivity index (χ2v) is 7.11. The van der Waals surface area contributed by atoms with E-state index in [2.05, 4.69) is 74.6 Å². The van der Waals surface area contributed by atoms with Crippen LogP contribution in [0.25, 0.3) is 0 Å². The van der Waals surface area contributed by atoms with E-state index in [0.29, 0.717) is 6.04 Å². The molecule has 0 saturated carbocycles. The van der Waals surface area contributed by atoms with Crippen LogP contribution >= 0.6 is 11.3 Å². The lowest BCUT2D eigenvalue weighted by atomic mass is 9.86. The molecule has 2 rings (SSSR count). The van der Waals surface area contributed by atoms with Gasteiger partial charge in [0.05, 0.1) is 11.2 Å². The number of hydrogen-bond acceptors (Lipinski definition) is 3. The minimum atomic E-state index is 0.211. The van der Waals surface area contributed by atoms with Crippen LogP contribution in [0.15, 0.2) is 35.2 Å². The first kappa shape index (κ1) is 15.2. The molecule has 0 aliphatic heterocycles. The fraction of sp³-hybridized carbons (Fsp3) is 0.471. The van der Waals surface area contributed by atoms with Crippen LogP contribution in [-0.4, -0.2) is 4.98 Å². The second kappa shape index (κ2) is 6.06. The molecule has 0 fully saturated rings. The summed E-state index contributed by atoms with van der Waals surface area (Å²) in [7, 11) is 0. The first-order valence-electron chi connectivity index (χ1n) is 7.12. The monoisotopic (exact) mass is 288 g/mol. The molecule has 1 heterocycles. The summed E-state index contributed by atoms with van der Waals surface area (Å²) in [5.74, 6) is 0. The maximum atomic E-state index is 4.37. The van der Waals surface area contributed by atoms with Crippen LogP contribution in [0.2, 0.25) is 0 Å². The van der Waals surface area contributed by atoms with Crippen molar-refractivity contribution in [2.75, 3.05) is 0 Å². The summed E-state index contributed by atoms with van der Waals surface area (Å²) in [6, 6.07) is 9.53. The van der Waals surface area contributed by atoms with Gasteiger partial charge in [-0.25, -0.2) is 4.98 Å². The van der Waals surface area contributed by atoms with E-state index in [9.17, 15) is 0 Å². The van der Waals surface area contributed by atoms with Crippen LogP contribution in [0.4, 0.5) is 0 Å². The molecule has 2 atom stereocenters. The van der Waals surface area contributed by atoms with Crippen molar-refractivity contribution in [1.82, 2.24) is 10.3 Å². The van der Waals surface area contributed by atoms with E-state index < -0.39 is 0 Å². The average molecular weight is 288 g/mol. The molecule has 2 nitrogen and oxygen atoms in total. The second-order valence-electron chi connectivity index (χ2n) is 6.40. The quantitative estimate of drug-likeness (QED) is 0.869. The summed E-state index contributed by atoms with van der Waals surface area (Å²) in [6.07, 6.45) is 0. The SMILES string of the molecule is CC(NC(C)c1cscn1)c1ccc(C(C)(C)C)cc1. The number of nitrogens with zero attached hydrogens (tertiary/aromatic N) is 1. The first-order chi connectivity index (χ1) is 9.38. The molecule has 3 heteroatoms. The van der Waals surface area contributed by atoms with Crippen molar-refractivity contribution in [1.29, 1.82) is 0 Å². The van der Waals surface area contributed by atoms with Crippen molar-refractivity contribution in [3.63, 3.8) is 0 Å². The molecule has 20 heavy (non-hydrogen) atoms. The van der Waals surface area contributed by atoms with Crippen LogP contribution in [0, 0.1) is 0 Å². The number of nitrogens with one attached hydrogen (secondary N) is 1. The van der Waals surface area contributed by atoms with Gasteiger partial charge >= 0.3 is 0 Å². The van der Waals surface area contributed by atoms with Crippen molar-refractivity contribution in [2.45, 2.75) is 52.1 Å². The van der Waals surface area contributed by atoms with Gasteiger partial charge in [-0.15, -0.1) is 11.3 Å². The fourth-order valence-corrected chi connectivity index (χ4v) is 2.91. The van der Waals surface area contributed by atoms with Gasteiger partial charge in [-0.05, 0) is 30.4 Å². The first-order valence-corrected chi connectivity index (χ1v) is 8.07. The van der Waals surface area contributed by atoms with Gasteiger partial charge in [-0.3, -0.25) is 0 Å².